The van der Waals surface area contributed by atoms with E-state index in [1.165, 1.54) is 0 Å². The Morgan fingerprint density at radius 3 is 2.10 bits per heavy atom. The van der Waals surface area contributed by atoms with Crippen molar-refractivity contribution >= 4 is 11.9 Å². The van der Waals surface area contributed by atoms with Crippen LogP contribution >= 0.6 is 0 Å². The van der Waals surface area contributed by atoms with Gasteiger partial charge < -0.3 is 4.74 Å². The van der Waals surface area contributed by atoms with Crippen LogP contribution in [0.2, 0.25) is 0 Å². The minimum atomic E-state index is -1.03. The zero-order valence-electron chi connectivity index (χ0n) is 20.7. The first-order chi connectivity index (χ1) is 13.5. The van der Waals surface area contributed by atoms with Crippen molar-refractivity contribution in [3.8, 4) is 6.07 Å². The summed E-state index contributed by atoms with van der Waals surface area (Å²) in [5, 5.41) is 12.1. The second kappa shape index (κ2) is 7.91. The maximum atomic E-state index is 12.4. The Labute approximate surface area is 183 Å². The van der Waals surface area contributed by atoms with Crippen LogP contribution in [0.1, 0.15) is 101 Å². The standard InChI is InChI=1S/C24H41N3O3/c1-17(2)14-23(9,16-25)15-24(10,18-26-22(7,8)19(28)29-18)30-27-20(3,4)12-11-13-21(27,5)6/h17H,11-15H2,1-10H3. The number of nitrogens with zero attached hydrogens (tertiary/aromatic N) is 3. The summed E-state index contributed by atoms with van der Waals surface area (Å²) in [6.45, 7) is 20.3. The van der Waals surface area contributed by atoms with E-state index in [-0.39, 0.29) is 22.9 Å². The number of ether oxygens (including phenoxy) is 1. The second-order valence-electron chi connectivity index (χ2n) is 11.9. The monoisotopic (exact) mass is 419 g/mol. The number of hydrogen-bond donors (Lipinski definition) is 0. The number of nitriles is 1. The van der Waals surface area contributed by atoms with Crippen molar-refractivity contribution in [3.63, 3.8) is 0 Å². The Bertz CT molecular complexity index is 731. The molecule has 170 valence electrons. The highest BCUT2D eigenvalue weighted by atomic mass is 16.7. The molecule has 6 nitrogen and oxygen atoms in total. The topological polar surface area (TPSA) is 74.9 Å². The van der Waals surface area contributed by atoms with E-state index in [9.17, 15) is 10.1 Å². The van der Waals surface area contributed by atoms with Gasteiger partial charge in [0, 0.05) is 17.5 Å². The number of carbonyl (C=O) groups excluding carboxylic acids is 1. The Hall–Kier alpha value is -1.45. The van der Waals surface area contributed by atoms with Gasteiger partial charge >= 0.3 is 5.97 Å². The van der Waals surface area contributed by atoms with Gasteiger partial charge in [-0.1, -0.05) is 13.8 Å². The number of piperidine rings is 1. The predicted molar refractivity (Wildman–Crippen MR) is 119 cm³/mol. The highest BCUT2D eigenvalue weighted by Gasteiger charge is 2.53. The summed E-state index contributed by atoms with van der Waals surface area (Å²) in [6.07, 6.45) is 4.25. The van der Waals surface area contributed by atoms with Crippen LogP contribution in [-0.4, -0.2) is 39.1 Å². The number of hydrogen-bond acceptors (Lipinski definition) is 6. The number of cyclic esters (lactones) is 1. The molecule has 0 N–H and O–H groups in total. The van der Waals surface area contributed by atoms with E-state index in [1.54, 1.807) is 13.8 Å². The van der Waals surface area contributed by atoms with E-state index < -0.39 is 16.6 Å². The lowest BCUT2D eigenvalue weighted by atomic mass is 9.75. The van der Waals surface area contributed by atoms with Gasteiger partial charge in [0.2, 0.25) is 5.90 Å². The second-order valence-corrected chi connectivity index (χ2v) is 11.9. The normalized spacial score (nSPS) is 27.0. The molecule has 30 heavy (non-hydrogen) atoms. The van der Waals surface area contributed by atoms with Crippen LogP contribution in [0.4, 0.5) is 0 Å². The number of esters is 1. The summed E-state index contributed by atoms with van der Waals surface area (Å²) in [4.78, 5) is 23.8. The minimum Gasteiger partial charge on any atom is -0.407 e. The average molecular weight is 420 g/mol. The van der Waals surface area contributed by atoms with E-state index >= 15 is 0 Å². The van der Waals surface area contributed by atoms with Gasteiger partial charge in [-0.2, -0.15) is 10.3 Å². The van der Waals surface area contributed by atoms with Gasteiger partial charge in [0.05, 0.1) is 11.5 Å². The summed E-state index contributed by atoms with van der Waals surface area (Å²) in [5.41, 5.74) is -3.01. The Kier molecular flexibility index (Phi) is 6.54. The average Bonchev–Trinajstić information content (AvgIpc) is 2.84. The summed E-state index contributed by atoms with van der Waals surface area (Å²) >= 11 is 0. The molecule has 6 heteroatoms. The predicted octanol–water partition coefficient (Wildman–Crippen LogP) is 5.42. The summed E-state index contributed by atoms with van der Waals surface area (Å²) in [7, 11) is 0. The van der Waals surface area contributed by atoms with Gasteiger partial charge in [0.15, 0.2) is 11.1 Å². The van der Waals surface area contributed by atoms with E-state index in [2.05, 4.69) is 57.7 Å². The van der Waals surface area contributed by atoms with Gasteiger partial charge in [-0.25, -0.2) is 9.79 Å². The SMILES string of the molecule is CC(C)CC(C)(C#N)CC(C)(ON1C(C)(C)CCCC1(C)C)C1=NC(C)(C)C(=O)O1. The number of aliphatic imine (C=N–C) groups is 1. The third kappa shape index (κ3) is 5.06. The van der Waals surface area contributed by atoms with E-state index in [4.69, 9.17) is 9.57 Å². The zero-order valence-corrected chi connectivity index (χ0v) is 20.7. The van der Waals surface area contributed by atoms with Crippen molar-refractivity contribution in [2.45, 2.75) is 124 Å². The highest BCUT2D eigenvalue weighted by Crippen LogP contribution is 2.45. The Morgan fingerprint density at radius 1 is 1.17 bits per heavy atom. The van der Waals surface area contributed by atoms with E-state index in [0.29, 0.717) is 12.3 Å². The molecule has 0 aromatic rings. The van der Waals surface area contributed by atoms with E-state index in [0.717, 1.165) is 25.7 Å². The fourth-order valence-electron chi connectivity index (χ4n) is 5.14. The number of rotatable bonds is 7. The third-order valence-corrected chi connectivity index (χ3v) is 6.35. The molecule has 0 saturated carbocycles. The molecule has 2 unspecified atom stereocenters. The number of hydroxylamine groups is 2. The molecule has 2 rings (SSSR count). The maximum Gasteiger partial charge on any atom is 0.340 e. The largest absolute Gasteiger partial charge is 0.407 e. The van der Waals surface area contributed by atoms with Crippen molar-refractivity contribution in [3.05, 3.63) is 0 Å². The Morgan fingerprint density at radius 2 is 1.70 bits per heavy atom. The first kappa shape index (κ1) is 24.8. The molecule has 1 saturated heterocycles. The van der Waals surface area contributed by atoms with Crippen LogP contribution in [-0.2, 0) is 14.4 Å². The molecule has 0 radical (unpaired) electrons. The fraction of sp³-hybridized carbons (Fsp3) is 0.875. The molecule has 0 aliphatic carbocycles. The van der Waals surface area contributed by atoms with Crippen molar-refractivity contribution < 1.29 is 14.4 Å². The van der Waals surface area contributed by atoms with Gasteiger partial charge in [-0.3, -0.25) is 4.84 Å². The van der Waals surface area contributed by atoms with Gasteiger partial charge in [0.25, 0.3) is 0 Å². The first-order valence-corrected chi connectivity index (χ1v) is 11.2. The highest BCUT2D eigenvalue weighted by molar-refractivity contribution is 6.03. The molecule has 0 amide bonds. The Balaban J connectivity index is 2.51. The lowest BCUT2D eigenvalue weighted by Crippen LogP contribution is -2.62. The fourth-order valence-corrected chi connectivity index (χ4v) is 5.14. The van der Waals surface area contributed by atoms with Gasteiger partial charge in [-0.05, 0) is 87.0 Å². The molecule has 2 aliphatic heterocycles. The summed E-state index contributed by atoms with van der Waals surface area (Å²) in [5.74, 6) is 0.248. The van der Waals surface area contributed by atoms with Gasteiger partial charge in [-0.15, -0.1) is 0 Å². The van der Waals surface area contributed by atoms with Crippen molar-refractivity contribution in [2.75, 3.05) is 0 Å². The molecular formula is C24H41N3O3. The van der Waals surface area contributed by atoms with Crippen molar-refractivity contribution in [1.82, 2.24) is 5.06 Å². The van der Waals surface area contributed by atoms with Crippen LogP contribution in [0.5, 0.6) is 0 Å². The van der Waals surface area contributed by atoms with Crippen LogP contribution in [0.25, 0.3) is 0 Å². The van der Waals surface area contributed by atoms with Gasteiger partial charge in [0.1, 0.15) is 0 Å². The molecule has 2 aliphatic rings. The van der Waals surface area contributed by atoms with Crippen LogP contribution in [0, 0.1) is 22.7 Å². The summed E-state index contributed by atoms with van der Waals surface area (Å²) in [6, 6.07) is 2.51. The molecule has 2 atom stereocenters. The molecule has 1 fully saturated rings. The molecule has 0 aromatic heterocycles. The number of carbonyl (C=O) groups is 1. The molecule has 0 aromatic carbocycles. The first-order valence-electron chi connectivity index (χ1n) is 11.2. The minimum absolute atomic E-state index is 0.192. The quantitative estimate of drug-likeness (QED) is 0.515. The third-order valence-electron chi connectivity index (χ3n) is 6.35. The maximum absolute atomic E-state index is 12.4. The van der Waals surface area contributed by atoms with Crippen LogP contribution in [0.15, 0.2) is 4.99 Å². The van der Waals surface area contributed by atoms with Crippen molar-refractivity contribution in [1.29, 1.82) is 5.26 Å². The zero-order chi connectivity index (χ0) is 23.2. The van der Waals surface area contributed by atoms with Crippen LogP contribution in [0.3, 0.4) is 0 Å². The van der Waals surface area contributed by atoms with E-state index in [1.807, 2.05) is 13.8 Å². The molecule has 0 spiro atoms. The molecular weight excluding hydrogens is 378 g/mol. The van der Waals surface area contributed by atoms with Crippen LogP contribution < -0.4 is 0 Å². The molecule has 0 bridgehead atoms. The lowest BCUT2D eigenvalue weighted by Gasteiger charge is -2.54. The smallest absolute Gasteiger partial charge is 0.340 e. The summed E-state index contributed by atoms with van der Waals surface area (Å²) < 4.78 is 5.66. The molecule has 2 heterocycles. The van der Waals surface area contributed by atoms with Crippen molar-refractivity contribution in [2.24, 2.45) is 16.3 Å². The lowest BCUT2D eigenvalue weighted by molar-refractivity contribution is -0.322.